The molecule has 1 aliphatic rings. The first-order valence-electron chi connectivity index (χ1n) is 25.8. The number of nitrogens with zero attached hydrogens (tertiary/aromatic N) is 2. The zero-order valence-corrected chi connectivity index (χ0v) is 45.3. The monoisotopic (exact) mass is 975 g/mol. The number of rotatable bonds is 9. The van der Waals surface area contributed by atoms with Crippen LogP contribution in [0, 0.1) is 36.9 Å². The molecule has 9 aromatic rings. The van der Waals surface area contributed by atoms with E-state index < -0.39 is 0 Å². The zero-order valence-electron chi connectivity index (χ0n) is 45.3. The Balaban J connectivity index is 0.000000862. The van der Waals surface area contributed by atoms with Gasteiger partial charge in [0.05, 0.1) is 17.5 Å². The molecule has 0 spiro atoms. The number of aryl methyl sites for hydroxylation is 1. The number of benzene rings is 7. The second kappa shape index (κ2) is 27.4. The molecule has 1 aliphatic carbocycles. The van der Waals surface area contributed by atoms with E-state index in [1.807, 2.05) is 53.7 Å². The number of halogens is 1. The summed E-state index contributed by atoms with van der Waals surface area (Å²) in [5.41, 5.74) is 19.1. The fourth-order valence-corrected chi connectivity index (χ4v) is 9.76. The summed E-state index contributed by atoms with van der Waals surface area (Å²) in [6.45, 7) is 24.7. The lowest BCUT2D eigenvalue weighted by Gasteiger charge is -2.23. The molecule has 0 saturated heterocycles. The van der Waals surface area contributed by atoms with Gasteiger partial charge in [0.25, 0.3) is 0 Å². The number of terminal acetylenes is 1. The van der Waals surface area contributed by atoms with E-state index in [0.717, 1.165) is 118 Å². The fourth-order valence-electron chi connectivity index (χ4n) is 9.76. The molecular weight excluding hydrogens is 904 g/mol. The molecule has 0 unspecified atom stereocenters. The van der Waals surface area contributed by atoms with E-state index in [9.17, 15) is 4.39 Å². The Bertz CT molecular complexity index is 3510. The van der Waals surface area contributed by atoms with Gasteiger partial charge in [0.2, 0.25) is 0 Å². The number of aromatic nitrogens is 1. The average Bonchev–Trinajstić information content (AvgIpc) is 4.00. The highest BCUT2D eigenvalue weighted by Crippen LogP contribution is 2.51. The van der Waals surface area contributed by atoms with Crippen molar-refractivity contribution in [1.82, 2.24) is 4.57 Å². The molecule has 0 saturated carbocycles. The lowest BCUT2D eigenvalue weighted by molar-refractivity contribution is 0.627. The second-order valence-electron chi connectivity index (χ2n) is 16.9. The van der Waals surface area contributed by atoms with Crippen LogP contribution in [0.2, 0.25) is 0 Å². The van der Waals surface area contributed by atoms with Crippen molar-refractivity contribution in [2.24, 2.45) is 7.05 Å². The highest BCUT2D eigenvalue weighted by Gasteiger charge is 2.31. The van der Waals surface area contributed by atoms with E-state index in [4.69, 9.17) is 9.68 Å². The van der Waals surface area contributed by atoms with Crippen LogP contribution in [-0.4, -0.2) is 4.57 Å². The number of hydrogen-bond donors (Lipinski definition) is 0. The Morgan fingerprint density at radius 1 is 0.635 bits per heavy atom. The summed E-state index contributed by atoms with van der Waals surface area (Å²) >= 11 is 0. The summed E-state index contributed by atoms with van der Waals surface area (Å²) in [5.74, 6) is -0.275. The third kappa shape index (κ3) is 11.7. The second-order valence-corrected chi connectivity index (χ2v) is 16.9. The highest BCUT2D eigenvalue weighted by atomic mass is 19.1. The van der Waals surface area contributed by atoms with Crippen molar-refractivity contribution >= 4 is 55.0 Å². The van der Waals surface area contributed by atoms with Crippen LogP contribution >= 0.6 is 0 Å². The molecule has 0 radical (unpaired) electrons. The van der Waals surface area contributed by atoms with E-state index in [2.05, 4.69) is 210 Å². The van der Waals surface area contributed by atoms with Crippen molar-refractivity contribution in [2.75, 3.05) is 0 Å². The standard InChI is InChI=1S/C60H48FNO.C2H3N.3C2H6.C2H2/c1-38-28-30-47(31-29-38)59-55(45-21-11-7-12-22-45)56(46-23-13-8-14-24-46)60(62(59)5)54(50-26-17-27-51-58(50)57-49-25-16-15-18-43(49)34-37-52(57)63-51)41(4)53(44-19-9-6-10-20-44)40(3)39(2)42-32-35-48(61)36-33-42;1-2-3;4*1-2/h6,8-11,13-37H,2,7,12H2,1,3-5H3;1H3;3*1-2H3;1-2H/b53-40+,54-41+;;;;;. The normalized spacial score (nSPS) is 12.0. The molecule has 0 fully saturated rings. The minimum absolute atomic E-state index is 0.275. The van der Waals surface area contributed by atoms with Crippen molar-refractivity contribution in [1.29, 1.82) is 5.26 Å². The van der Waals surface area contributed by atoms with Crippen molar-refractivity contribution < 1.29 is 8.81 Å². The van der Waals surface area contributed by atoms with E-state index in [1.54, 1.807) is 6.07 Å². The smallest absolute Gasteiger partial charge is 0.136 e. The van der Waals surface area contributed by atoms with Gasteiger partial charge in [-0.15, -0.1) is 12.8 Å². The van der Waals surface area contributed by atoms with Crippen LogP contribution < -0.4 is 0 Å². The Morgan fingerprint density at radius 3 is 1.85 bits per heavy atom. The minimum atomic E-state index is -0.275. The van der Waals surface area contributed by atoms with E-state index in [0.29, 0.717) is 0 Å². The largest absolute Gasteiger partial charge is 0.456 e. The van der Waals surface area contributed by atoms with Gasteiger partial charge in [-0.3, -0.25) is 0 Å². The lowest BCUT2D eigenvalue weighted by Crippen LogP contribution is -2.05. The molecule has 10 rings (SSSR count). The van der Waals surface area contributed by atoms with Crippen molar-refractivity contribution in [3.8, 4) is 41.3 Å². The summed E-state index contributed by atoms with van der Waals surface area (Å²) in [6.07, 6.45) is 17.0. The van der Waals surface area contributed by atoms with Gasteiger partial charge in [-0.05, 0) is 124 Å². The Hall–Kier alpha value is -8.44. The molecule has 2 heterocycles. The van der Waals surface area contributed by atoms with Crippen LogP contribution in [0.15, 0.2) is 204 Å². The average molecular weight is 975 g/mol. The molecule has 0 bridgehead atoms. The molecule has 0 aliphatic heterocycles. The quantitative estimate of drug-likeness (QED) is 0.107. The van der Waals surface area contributed by atoms with Crippen LogP contribution in [-0.2, 0) is 7.05 Å². The van der Waals surface area contributed by atoms with Crippen molar-refractivity contribution in [2.45, 2.75) is 82.1 Å². The third-order valence-electron chi connectivity index (χ3n) is 12.8. The molecule has 0 amide bonds. The first-order chi connectivity index (χ1) is 36.2. The summed E-state index contributed by atoms with van der Waals surface area (Å²) in [5, 5.41) is 11.8. The summed E-state index contributed by atoms with van der Waals surface area (Å²) < 4.78 is 23.6. The van der Waals surface area contributed by atoms with Crippen molar-refractivity contribution in [3.05, 3.63) is 239 Å². The molecular formula is C70H71FN2O. The van der Waals surface area contributed by atoms with Gasteiger partial charge in [-0.25, -0.2) is 4.39 Å². The summed E-state index contributed by atoms with van der Waals surface area (Å²) in [7, 11) is 2.24. The first kappa shape index (κ1) is 56.5. The Labute approximate surface area is 441 Å². The lowest BCUT2D eigenvalue weighted by atomic mass is 9.81. The van der Waals surface area contributed by atoms with Gasteiger partial charge in [-0.1, -0.05) is 211 Å². The number of furan rings is 1. The van der Waals surface area contributed by atoms with Crippen LogP contribution in [0.5, 0.6) is 0 Å². The minimum Gasteiger partial charge on any atom is -0.456 e. The number of fused-ring (bicyclic) bond motifs is 5. The summed E-state index contributed by atoms with van der Waals surface area (Å²) in [6, 6.07) is 58.2. The van der Waals surface area contributed by atoms with Gasteiger partial charge in [-0.2, -0.15) is 5.26 Å². The Morgan fingerprint density at radius 2 is 1.23 bits per heavy atom. The van der Waals surface area contributed by atoms with Gasteiger partial charge in [0, 0.05) is 41.4 Å². The van der Waals surface area contributed by atoms with Crippen molar-refractivity contribution in [3.63, 3.8) is 0 Å². The van der Waals surface area contributed by atoms with E-state index in [-0.39, 0.29) is 5.82 Å². The predicted octanol–water partition coefficient (Wildman–Crippen LogP) is 20.5. The van der Waals surface area contributed by atoms with Crippen LogP contribution in [0.25, 0.3) is 77.4 Å². The van der Waals surface area contributed by atoms with Crippen LogP contribution in [0.3, 0.4) is 0 Å². The molecule has 74 heavy (non-hydrogen) atoms. The maximum Gasteiger partial charge on any atom is 0.136 e. The van der Waals surface area contributed by atoms with Gasteiger partial charge >= 0.3 is 0 Å². The van der Waals surface area contributed by atoms with Gasteiger partial charge < -0.3 is 8.98 Å². The topological polar surface area (TPSA) is 41.9 Å². The number of hydrogen-bond acceptors (Lipinski definition) is 2. The molecule has 7 aromatic carbocycles. The fraction of sp³-hybridized carbons (Fsp3) is 0.186. The molecule has 4 heteroatoms. The Kier molecular flexibility index (Phi) is 20.9. The number of allylic oxidation sites excluding steroid dienone is 8. The third-order valence-corrected chi connectivity index (χ3v) is 12.8. The summed E-state index contributed by atoms with van der Waals surface area (Å²) in [4.78, 5) is 0. The highest BCUT2D eigenvalue weighted by molar-refractivity contribution is 6.23. The SMILES string of the molecule is C#C.C=C(/C(C)=C(\C(C)=C(/c1cccc2oc3ccc4ccccc4c3c12)c1c(-c2ccccc2)c(C2=CCCC=C2)c(-c2ccc(C)cc2)n1C)c1ccccc1)c1ccc(F)cc1.CC.CC.CC.CC#N. The predicted molar refractivity (Wildman–Crippen MR) is 320 cm³/mol. The maximum absolute atomic E-state index is 14.4. The van der Waals surface area contributed by atoms with E-state index >= 15 is 0 Å². The molecule has 0 atom stereocenters. The number of nitriles is 1. The van der Waals surface area contributed by atoms with E-state index in [1.165, 1.54) is 35.8 Å². The first-order valence-corrected chi connectivity index (χ1v) is 25.8. The van der Waals surface area contributed by atoms with Gasteiger partial charge in [0.15, 0.2) is 0 Å². The molecule has 374 valence electrons. The maximum atomic E-state index is 14.4. The molecule has 0 N–H and O–H groups in total. The molecule has 3 nitrogen and oxygen atoms in total. The molecule has 2 aromatic heterocycles. The van der Waals surface area contributed by atoms with Crippen LogP contribution in [0.1, 0.15) is 109 Å². The zero-order chi connectivity index (χ0) is 53.9. The van der Waals surface area contributed by atoms with Gasteiger partial charge in [0.1, 0.15) is 17.0 Å². The van der Waals surface area contributed by atoms with Crippen LogP contribution in [0.4, 0.5) is 4.39 Å².